The van der Waals surface area contributed by atoms with Gasteiger partial charge in [-0.1, -0.05) is 62.0 Å². The maximum Gasteiger partial charge on any atom is 0.129 e. The van der Waals surface area contributed by atoms with E-state index in [0.717, 1.165) is 0 Å². The first-order valence-corrected chi connectivity index (χ1v) is 11.7. The molecule has 0 heterocycles. The van der Waals surface area contributed by atoms with Crippen molar-refractivity contribution in [1.29, 1.82) is 0 Å². The molecule has 0 radical (unpaired) electrons. The van der Waals surface area contributed by atoms with Crippen molar-refractivity contribution in [2.75, 3.05) is 0 Å². The summed E-state index contributed by atoms with van der Waals surface area (Å²) in [7, 11) is -1.40. The lowest BCUT2D eigenvalue weighted by atomic mass is 9.97. The topological polar surface area (TPSA) is 0 Å². The van der Waals surface area contributed by atoms with Crippen molar-refractivity contribution < 1.29 is 0 Å². The van der Waals surface area contributed by atoms with E-state index in [2.05, 4.69) is 102 Å². The Labute approximate surface area is 140 Å². The Morgan fingerprint density at radius 1 is 0.905 bits per heavy atom. The van der Waals surface area contributed by atoms with Gasteiger partial charge in [-0.15, -0.1) is 5.54 Å². The van der Waals surface area contributed by atoms with Gasteiger partial charge < -0.3 is 0 Å². The van der Waals surface area contributed by atoms with Crippen molar-refractivity contribution >= 4 is 52.2 Å². The summed E-state index contributed by atoms with van der Waals surface area (Å²) in [5.74, 6) is 3.52. The average Bonchev–Trinajstić information content (AvgIpc) is 2.43. The Balaban J connectivity index is 2.47. The van der Waals surface area contributed by atoms with Crippen LogP contribution in [-0.2, 0) is 0 Å². The van der Waals surface area contributed by atoms with Crippen LogP contribution in [0.4, 0.5) is 0 Å². The van der Waals surface area contributed by atoms with Crippen molar-refractivity contribution in [2.45, 2.75) is 19.6 Å². The molecule has 0 atom stereocenters. The van der Waals surface area contributed by atoms with Gasteiger partial charge in [0.25, 0.3) is 0 Å². The second kappa shape index (κ2) is 5.47. The fourth-order valence-corrected chi connectivity index (χ4v) is 3.75. The lowest BCUT2D eigenvalue weighted by molar-refractivity contribution is 1.70. The first-order chi connectivity index (χ1) is 9.96. The van der Waals surface area contributed by atoms with Gasteiger partial charge in [0.1, 0.15) is 8.07 Å². The van der Waals surface area contributed by atoms with E-state index in [4.69, 9.17) is 0 Å². The van der Waals surface area contributed by atoms with Crippen molar-refractivity contribution in [3.8, 4) is 11.5 Å². The molecule has 0 aliphatic rings. The number of hydrogen-bond acceptors (Lipinski definition) is 0. The second-order valence-electron chi connectivity index (χ2n) is 6.31. The van der Waals surface area contributed by atoms with Crippen molar-refractivity contribution in [3.63, 3.8) is 0 Å². The molecule has 0 amide bonds. The summed E-state index contributed by atoms with van der Waals surface area (Å²) >= 11 is 2.42. The zero-order chi connectivity index (χ0) is 15.0. The molecule has 0 bridgehead atoms. The zero-order valence-corrected chi connectivity index (χ0v) is 15.7. The standard InChI is InChI=1S/C19H17ISi/c1-21(2,3)12-11-17-16-9-5-4-7-14(16)13-15-8-6-10-18(20)19(15)17/h4-10,13H,1-3H3. The van der Waals surface area contributed by atoms with Crippen LogP contribution in [0.2, 0.25) is 19.6 Å². The molecular weight excluding hydrogens is 383 g/mol. The molecule has 2 heteroatoms. The first kappa shape index (κ1) is 14.6. The average molecular weight is 400 g/mol. The van der Waals surface area contributed by atoms with Crippen LogP contribution < -0.4 is 0 Å². The third-order valence-electron chi connectivity index (χ3n) is 3.40. The Morgan fingerprint density at radius 2 is 1.62 bits per heavy atom. The molecule has 0 nitrogen and oxygen atoms in total. The quantitative estimate of drug-likeness (QED) is 0.193. The van der Waals surface area contributed by atoms with Crippen LogP contribution in [0.25, 0.3) is 21.5 Å². The van der Waals surface area contributed by atoms with Crippen LogP contribution in [0.1, 0.15) is 5.56 Å². The maximum absolute atomic E-state index is 3.54. The Morgan fingerprint density at radius 3 is 2.38 bits per heavy atom. The molecule has 0 aromatic heterocycles. The highest BCUT2D eigenvalue weighted by atomic mass is 127. The maximum atomic E-state index is 3.54. The van der Waals surface area contributed by atoms with Crippen LogP contribution in [0, 0.1) is 15.0 Å². The molecule has 104 valence electrons. The van der Waals surface area contributed by atoms with E-state index in [1.165, 1.54) is 30.7 Å². The molecule has 3 aromatic carbocycles. The fraction of sp³-hybridized carbons (Fsp3) is 0.158. The zero-order valence-electron chi connectivity index (χ0n) is 12.5. The smallest absolute Gasteiger partial charge is 0.127 e. The molecule has 3 rings (SSSR count). The van der Waals surface area contributed by atoms with Crippen LogP contribution in [0.5, 0.6) is 0 Å². The van der Waals surface area contributed by atoms with Gasteiger partial charge in [0.2, 0.25) is 0 Å². The Bertz CT molecular complexity index is 892. The minimum atomic E-state index is -1.40. The summed E-state index contributed by atoms with van der Waals surface area (Å²) in [5, 5.41) is 5.11. The normalized spacial score (nSPS) is 11.4. The predicted molar refractivity (Wildman–Crippen MR) is 104 cm³/mol. The molecule has 0 unspecified atom stereocenters. The van der Waals surface area contributed by atoms with E-state index < -0.39 is 8.07 Å². The predicted octanol–water partition coefficient (Wildman–Crippen LogP) is 5.83. The van der Waals surface area contributed by atoms with Crippen LogP contribution in [-0.4, -0.2) is 8.07 Å². The van der Waals surface area contributed by atoms with Crippen molar-refractivity contribution in [1.82, 2.24) is 0 Å². The van der Waals surface area contributed by atoms with Crippen molar-refractivity contribution in [3.05, 3.63) is 57.7 Å². The minimum absolute atomic E-state index is 1.19. The van der Waals surface area contributed by atoms with E-state index in [9.17, 15) is 0 Å². The first-order valence-electron chi connectivity index (χ1n) is 7.09. The molecular formula is C19H17ISi. The highest BCUT2D eigenvalue weighted by Gasteiger charge is 2.11. The number of rotatable bonds is 0. The molecule has 0 aliphatic heterocycles. The van der Waals surface area contributed by atoms with Gasteiger partial charge in [0, 0.05) is 14.5 Å². The van der Waals surface area contributed by atoms with E-state index >= 15 is 0 Å². The van der Waals surface area contributed by atoms with Gasteiger partial charge in [-0.2, -0.15) is 0 Å². The van der Waals surface area contributed by atoms with E-state index in [1.807, 2.05) is 0 Å². The molecule has 0 saturated carbocycles. The van der Waals surface area contributed by atoms with E-state index in [-0.39, 0.29) is 0 Å². The second-order valence-corrected chi connectivity index (χ2v) is 12.2. The monoisotopic (exact) mass is 400 g/mol. The van der Waals surface area contributed by atoms with Crippen LogP contribution in [0.15, 0.2) is 48.5 Å². The number of halogens is 1. The molecule has 0 spiro atoms. The number of benzene rings is 3. The van der Waals surface area contributed by atoms with E-state index in [1.54, 1.807) is 0 Å². The third kappa shape index (κ3) is 2.99. The van der Waals surface area contributed by atoms with Crippen molar-refractivity contribution in [2.24, 2.45) is 0 Å². The van der Waals surface area contributed by atoms with Gasteiger partial charge in [0.05, 0.1) is 0 Å². The number of hydrogen-bond donors (Lipinski definition) is 0. The Hall–Kier alpha value is -1.31. The van der Waals surface area contributed by atoms with E-state index in [0.29, 0.717) is 0 Å². The summed E-state index contributed by atoms with van der Waals surface area (Å²) in [6.07, 6.45) is 0. The van der Waals surface area contributed by atoms with Gasteiger partial charge >= 0.3 is 0 Å². The highest BCUT2D eigenvalue weighted by molar-refractivity contribution is 14.1. The molecule has 3 aromatic rings. The lowest BCUT2D eigenvalue weighted by Gasteiger charge is -2.10. The number of fused-ring (bicyclic) bond motifs is 2. The molecule has 0 fully saturated rings. The summed E-state index contributed by atoms with van der Waals surface area (Å²) in [4.78, 5) is 0. The third-order valence-corrected chi connectivity index (χ3v) is 5.17. The molecule has 21 heavy (non-hydrogen) atoms. The minimum Gasteiger partial charge on any atom is -0.127 e. The summed E-state index contributed by atoms with van der Waals surface area (Å²) in [5.41, 5.74) is 4.73. The summed E-state index contributed by atoms with van der Waals surface area (Å²) in [6.45, 7) is 6.87. The molecule has 0 saturated heterocycles. The highest BCUT2D eigenvalue weighted by Crippen LogP contribution is 2.31. The molecule has 0 aliphatic carbocycles. The van der Waals surface area contributed by atoms with Gasteiger partial charge in [0.15, 0.2) is 0 Å². The van der Waals surface area contributed by atoms with Gasteiger partial charge in [-0.3, -0.25) is 0 Å². The van der Waals surface area contributed by atoms with Gasteiger partial charge in [-0.25, -0.2) is 0 Å². The van der Waals surface area contributed by atoms with Gasteiger partial charge in [-0.05, 0) is 50.9 Å². The lowest BCUT2D eigenvalue weighted by Crippen LogP contribution is -2.16. The fourth-order valence-electron chi connectivity index (χ4n) is 2.46. The van der Waals surface area contributed by atoms with Crippen LogP contribution >= 0.6 is 22.6 Å². The Kier molecular flexibility index (Phi) is 3.81. The summed E-state index contributed by atoms with van der Waals surface area (Å²) < 4.78 is 1.27. The van der Waals surface area contributed by atoms with Crippen LogP contribution in [0.3, 0.4) is 0 Å². The summed E-state index contributed by atoms with van der Waals surface area (Å²) in [6, 6.07) is 17.3. The SMILES string of the molecule is C[Si](C)(C)C#Cc1c2ccccc2cc2cccc(I)c12. The molecule has 0 N–H and O–H groups in total. The largest absolute Gasteiger partial charge is 0.129 e.